The van der Waals surface area contributed by atoms with Gasteiger partial charge in [-0.2, -0.15) is 0 Å². The van der Waals surface area contributed by atoms with Crippen molar-refractivity contribution in [2.24, 2.45) is 16.7 Å². The molecule has 1 aliphatic carbocycles. The molecular weight excluding hydrogens is 272 g/mol. The normalized spacial score (nSPS) is 31.4. The Labute approximate surface area is 126 Å². The highest BCUT2D eigenvalue weighted by molar-refractivity contribution is 6.15. The molecule has 0 unspecified atom stereocenters. The third-order valence-corrected chi connectivity index (χ3v) is 4.21. The van der Waals surface area contributed by atoms with E-state index in [1.54, 1.807) is 13.8 Å². The quantitative estimate of drug-likeness (QED) is 0.636. The molecule has 0 aromatic rings. The zero-order valence-electron chi connectivity index (χ0n) is 13.9. The molecule has 1 rings (SSSR count). The van der Waals surface area contributed by atoms with Crippen LogP contribution in [0.3, 0.4) is 0 Å². The van der Waals surface area contributed by atoms with Crippen LogP contribution in [0.5, 0.6) is 0 Å². The number of Topliss-reactive ketones (excluding diaryl/α,β-unsaturated/α-hetero) is 2. The van der Waals surface area contributed by atoms with E-state index in [1.165, 1.54) is 20.8 Å². The summed E-state index contributed by atoms with van der Waals surface area (Å²) in [6.07, 6.45) is -1.03. The second kappa shape index (κ2) is 5.20. The fraction of sp³-hybridized carbons (Fsp3) is 0.812. The fourth-order valence-corrected chi connectivity index (χ4v) is 3.52. The maximum Gasteiger partial charge on any atom is 0.303 e. The molecule has 120 valence electrons. The van der Waals surface area contributed by atoms with Crippen molar-refractivity contribution in [1.82, 2.24) is 0 Å². The van der Waals surface area contributed by atoms with Gasteiger partial charge < -0.3 is 9.84 Å². The number of hydrogen-bond donors (Lipinski definition) is 1. The van der Waals surface area contributed by atoms with Gasteiger partial charge in [-0.05, 0) is 40.0 Å². The minimum atomic E-state index is -1.85. The van der Waals surface area contributed by atoms with Crippen molar-refractivity contribution in [3.63, 3.8) is 0 Å². The van der Waals surface area contributed by atoms with E-state index in [1.807, 2.05) is 13.8 Å². The molecule has 0 aliphatic heterocycles. The van der Waals surface area contributed by atoms with Crippen molar-refractivity contribution >= 4 is 17.5 Å². The highest BCUT2D eigenvalue weighted by Gasteiger charge is 2.66. The lowest BCUT2D eigenvalue weighted by Gasteiger charge is -2.51. The van der Waals surface area contributed by atoms with Gasteiger partial charge in [-0.3, -0.25) is 14.4 Å². The van der Waals surface area contributed by atoms with E-state index in [-0.39, 0.29) is 18.1 Å². The van der Waals surface area contributed by atoms with Crippen LogP contribution in [0.1, 0.15) is 54.9 Å². The number of ketones is 2. The van der Waals surface area contributed by atoms with Crippen LogP contribution in [0.4, 0.5) is 0 Å². The zero-order chi connectivity index (χ0) is 16.8. The second-order valence-corrected chi connectivity index (χ2v) is 7.52. The molecule has 0 aromatic carbocycles. The summed E-state index contributed by atoms with van der Waals surface area (Å²) in [6.45, 7) is 11.2. The van der Waals surface area contributed by atoms with Crippen LogP contribution >= 0.6 is 0 Å². The van der Waals surface area contributed by atoms with Gasteiger partial charge in [0.05, 0.1) is 10.8 Å². The van der Waals surface area contributed by atoms with Crippen molar-refractivity contribution < 1.29 is 24.2 Å². The molecule has 1 aliphatic rings. The van der Waals surface area contributed by atoms with E-state index in [4.69, 9.17) is 4.74 Å². The Morgan fingerprint density at radius 2 is 1.67 bits per heavy atom. The van der Waals surface area contributed by atoms with Gasteiger partial charge in [-0.15, -0.1) is 0 Å². The van der Waals surface area contributed by atoms with Gasteiger partial charge >= 0.3 is 5.97 Å². The Hall–Kier alpha value is -1.23. The van der Waals surface area contributed by atoms with Crippen LogP contribution in [0.15, 0.2) is 0 Å². The lowest BCUT2D eigenvalue weighted by molar-refractivity contribution is -0.206. The van der Waals surface area contributed by atoms with Gasteiger partial charge in [-0.1, -0.05) is 13.8 Å². The topological polar surface area (TPSA) is 80.7 Å². The van der Waals surface area contributed by atoms with Gasteiger partial charge in [0, 0.05) is 6.92 Å². The average molecular weight is 298 g/mol. The zero-order valence-corrected chi connectivity index (χ0v) is 13.9. The summed E-state index contributed by atoms with van der Waals surface area (Å²) in [5.74, 6) is -1.49. The minimum absolute atomic E-state index is 0.0109. The molecule has 5 nitrogen and oxygen atoms in total. The Morgan fingerprint density at radius 1 is 1.19 bits per heavy atom. The smallest absolute Gasteiger partial charge is 0.303 e. The first-order valence-electron chi connectivity index (χ1n) is 7.27. The monoisotopic (exact) mass is 298 g/mol. The molecule has 0 radical (unpaired) electrons. The number of carbonyl (C=O) groups is 3. The van der Waals surface area contributed by atoms with E-state index >= 15 is 0 Å². The molecule has 0 saturated heterocycles. The van der Waals surface area contributed by atoms with Crippen LogP contribution in [0.25, 0.3) is 0 Å². The van der Waals surface area contributed by atoms with Crippen LogP contribution < -0.4 is 0 Å². The Balaban J connectivity index is 3.49. The average Bonchev–Trinajstić information content (AvgIpc) is 2.31. The van der Waals surface area contributed by atoms with E-state index in [2.05, 4.69) is 0 Å². The summed E-state index contributed by atoms with van der Waals surface area (Å²) >= 11 is 0. The number of rotatable bonds is 3. The summed E-state index contributed by atoms with van der Waals surface area (Å²) in [5, 5.41) is 11.0. The third kappa shape index (κ3) is 2.76. The molecule has 0 bridgehead atoms. The predicted molar refractivity (Wildman–Crippen MR) is 77.5 cm³/mol. The van der Waals surface area contributed by atoms with Crippen molar-refractivity contribution in [2.75, 3.05) is 0 Å². The maximum atomic E-state index is 12.7. The molecule has 1 fully saturated rings. The van der Waals surface area contributed by atoms with Crippen LogP contribution in [0, 0.1) is 16.7 Å². The summed E-state index contributed by atoms with van der Waals surface area (Å²) in [7, 11) is 0. The van der Waals surface area contributed by atoms with Crippen molar-refractivity contribution in [2.45, 2.75) is 66.6 Å². The van der Waals surface area contributed by atoms with Crippen molar-refractivity contribution in [3.05, 3.63) is 0 Å². The molecule has 1 saturated carbocycles. The molecule has 0 amide bonds. The third-order valence-electron chi connectivity index (χ3n) is 4.21. The molecule has 2 atom stereocenters. The first kappa shape index (κ1) is 17.8. The molecule has 0 heterocycles. The number of hydrogen-bond acceptors (Lipinski definition) is 5. The number of carbonyl (C=O) groups excluding carboxylic acids is 3. The molecular formula is C16H26O5. The summed E-state index contributed by atoms with van der Waals surface area (Å²) in [4.78, 5) is 36.7. The number of esters is 1. The molecule has 0 spiro atoms. The first-order valence-corrected chi connectivity index (χ1v) is 7.27. The first-order chi connectivity index (χ1) is 9.27. The molecule has 21 heavy (non-hydrogen) atoms. The Morgan fingerprint density at radius 3 is 2.05 bits per heavy atom. The maximum absolute atomic E-state index is 12.7. The highest BCUT2D eigenvalue weighted by atomic mass is 16.6. The van der Waals surface area contributed by atoms with E-state index in [0.717, 1.165) is 0 Å². The lowest BCUT2D eigenvalue weighted by Crippen LogP contribution is -2.70. The SMILES string of the molecule is CC(=O)O[C@@H]1C(C)(C)C(=O)C(C)(C)C(=O)[C@]1(O)CC(C)C. The van der Waals surface area contributed by atoms with Gasteiger partial charge in [0.1, 0.15) is 6.10 Å². The number of ether oxygens (including phenoxy) is 1. The van der Waals surface area contributed by atoms with Crippen LogP contribution in [0.2, 0.25) is 0 Å². The van der Waals surface area contributed by atoms with E-state index in [0.29, 0.717) is 0 Å². The van der Waals surface area contributed by atoms with Crippen LogP contribution in [-0.4, -0.2) is 34.3 Å². The molecule has 5 heteroatoms. The highest BCUT2D eigenvalue weighted by Crippen LogP contribution is 2.48. The second-order valence-electron chi connectivity index (χ2n) is 7.52. The van der Waals surface area contributed by atoms with Gasteiger partial charge in [-0.25, -0.2) is 0 Å². The molecule has 0 aromatic heterocycles. The summed E-state index contributed by atoms with van der Waals surface area (Å²) in [5.41, 5.74) is -4.28. The van der Waals surface area contributed by atoms with Crippen molar-refractivity contribution in [1.29, 1.82) is 0 Å². The minimum Gasteiger partial charge on any atom is -0.458 e. The van der Waals surface area contributed by atoms with E-state index in [9.17, 15) is 19.5 Å². The fourth-order valence-electron chi connectivity index (χ4n) is 3.52. The summed E-state index contributed by atoms with van der Waals surface area (Å²) in [6, 6.07) is 0. The van der Waals surface area contributed by atoms with Gasteiger partial charge in [0.25, 0.3) is 0 Å². The summed E-state index contributed by atoms with van der Waals surface area (Å²) < 4.78 is 5.23. The molecule has 1 N–H and O–H groups in total. The Bertz CT molecular complexity index is 475. The number of aliphatic hydroxyl groups is 1. The standard InChI is InChI=1S/C16H26O5/c1-9(2)8-16(20)12(19)14(4,5)11(18)15(6,7)13(16)21-10(3)17/h9,13,20H,8H2,1-7H3/t13-,16-/m1/s1. The van der Waals surface area contributed by atoms with Crippen molar-refractivity contribution in [3.8, 4) is 0 Å². The van der Waals surface area contributed by atoms with Gasteiger partial charge in [0.15, 0.2) is 17.2 Å². The van der Waals surface area contributed by atoms with Crippen LogP contribution in [-0.2, 0) is 19.1 Å². The lowest BCUT2D eigenvalue weighted by atomic mass is 9.54. The Kier molecular flexibility index (Phi) is 4.41. The largest absolute Gasteiger partial charge is 0.458 e. The van der Waals surface area contributed by atoms with Gasteiger partial charge in [0.2, 0.25) is 0 Å². The van der Waals surface area contributed by atoms with E-state index < -0.39 is 34.3 Å². The predicted octanol–water partition coefficient (Wildman–Crippen LogP) is 1.90.